The molecular weight excluding hydrogens is 264 g/mol. The number of carbonyl (C=O) groups excluding carboxylic acids is 1. The van der Waals surface area contributed by atoms with Gasteiger partial charge in [0.2, 0.25) is 0 Å². The van der Waals surface area contributed by atoms with Crippen molar-refractivity contribution >= 4 is 5.78 Å². The highest BCUT2D eigenvalue weighted by molar-refractivity contribution is 5.97. The fraction of sp³-hybridized carbons (Fsp3) is 0.765. The monoisotopic (exact) mass is 294 g/mol. The molecule has 0 aromatic carbocycles. The average molecular weight is 294 g/mol. The van der Waals surface area contributed by atoms with Crippen LogP contribution in [0.1, 0.15) is 88.7 Å². The van der Waals surface area contributed by atoms with Crippen LogP contribution in [-0.2, 0) is 0 Å². The van der Waals surface area contributed by atoms with E-state index in [9.17, 15) is 4.79 Å². The molecule has 1 aromatic heterocycles. The number of nitrogens with zero attached hydrogens (tertiary/aromatic N) is 2. The summed E-state index contributed by atoms with van der Waals surface area (Å²) in [5.41, 5.74) is 0.624. The molecule has 1 heterocycles. The van der Waals surface area contributed by atoms with E-state index < -0.39 is 0 Å². The highest BCUT2D eigenvalue weighted by Crippen LogP contribution is 2.23. The molecule has 0 saturated carbocycles. The molecule has 0 radical (unpaired) electrons. The summed E-state index contributed by atoms with van der Waals surface area (Å²) in [5, 5.41) is 4.26. The maximum absolute atomic E-state index is 12.4. The van der Waals surface area contributed by atoms with E-state index in [1.165, 1.54) is 32.1 Å². The highest BCUT2D eigenvalue weighted by atomic mass is 16.5. The highest BCUT2D eigenvalue weighted by Gasteiger charge is 2.20. The Morgan fingerprint density at radius 3 is 2.38 bits per heavy atom. The van der Waals surface area contributed by atoms with Gasteiger partial charge in [-0.3, -0.25) is 9.48 Å². The second-order valence-corrected chi connectivity index (χ2v) is 5.89. The molecule has 0 bridgehead atoms. The number of rotatable bonds is 11. The maximum atomic E-state index is 12.4. The zero-order chi connectivity index (χ0) is 15.7. The number of aromatic nitrogens is 2. The lowest BCUT2D eigenvalue weighted by Gasteiger charge is -2.11. The van der Waals surface area contributed by atoms with E-state index in [1.54, 1.807) is 18.0 Å². The summed E-state index contributed by atoms with van der Waals surface area (Å²) in [7, 11) is 1.59. The van der Waals surface area contributed by atoms with Crippen LogP contribution in [0.5, 0.6) is 5.75 Å². The Bertz CT molecular complexity index is 424. The Balaban J connectivity index is 2.43. The molecule has 0 unspecified atom stereocenters. The molecule has 21 heavy (non-hydrogen) atoms. The fourth-order valence-corrected chi connectivity index (χ4v) is 2.51. The molecule has 0 aliphatic rings. The lowest BCUT2D eigenvalue weighted by molar-refractivity contribution is 0.0963. The van der Waals surface area contributed by atoms with E-state index in [1.807, 2.05) is 13.8 Å². The van der Waals surface area contributed by atoms with Gasteiger partial charge in [0, 0.05) is 12.5 Å². The Hall–Kier alpha value is -1.32. The number of carbonyl (C=O) groups is 1. The molecule has 120 valence electrons. The molecular formula is C17H30N2O2. The van der Waals surface area contributed by atoms with Gasteiger partial charge in [0.15, 0.2) is 11.5 Å². The zero-order valence-corrected chi connectivity index (χ0v) is 14.0. The van der Waals surface area contributed by atoms with Gasteiger partial charge in [-0.1, -0.05) is 45.4 Å². The van der Waals surface area contributed by atoms with Gasteiger partial charge in [-0.05, 0) is 20.3 Å². The first-order valence-electron chi connectivity index (χ1n) is 8.26. The minimum absolute atomic E-state index is 0.145. The van der Waals surface area contributed by atoms with Gasteiger partial charge in [0.1, 0.15) is 5.69 Å². The molecule has 4 heteroatoms. The third kappa shape index (κ3) is 5.52. The summed E-state index contributed by atoms with van der Waals surface area (Å²) in [4.78, 5) is 12.4. The summed E-state index contributed by atoms with van der Waals surface area (Å²) in [6.45, 7) is 6.28. The van der Waals surface area contributed by atoms with E-state index >= 15 is 0 Å². The first-order valence-corrected chi connectivity index (χ1v) is 8.26. The van der Waals surface area contributed by atoms with Crippen molar-refractivity contribution in [3.05, 3.63) is 11.9 Å². The predicted molar refractivity (Wildman–Crippen MR) is 86.1 cm³/mol. The predicted octanol–water partition coefficient (Wildman–Crippen LogP) is 4.80. The quantitative estimate of drug-likeness (QED) is 0.435. The van der Waals surface area contributed by atoms with Crippen LogP contribution in [0.25, 0.3) is 0 Å². The number of unbranched alkanes of at least 4 members (excludes halogenated alkanes) is 6. The Morgan fingerprint density at radius 1 is 1.19 bits per heavy atom. The standard InChI is InChI=1S/C17H30N2O2/c1-5-6-7-8-9-10-11-12-15(20)17-16(21-4)13-18-19(17)14(2)3/h13-14H,5-12H2,1-4H3. The number of ketones is 1. The molecule has 0 aliphatic carbocycles. The Labute approximate surface area is 128 Å². The Kier molecular flexibility index (Phi) is 8.09. The molecule has 0 spiro atoms. The number of methoxy groups -OCH3 is 1. The molecule has 0 amide bonds. The molecule has 0 fully saturated rings. The zero-order valence-electron chi connectivity index (χ0n) is 14.0. The fourth-order valence-electron chi connectivity index (χ4n) is 2.51. The molecule has 0 atom stereocenters. The maximum Gasteiger partial charge on any atom is 0.184 e. The molecule has 1 rings (SSSR count). The second-order valence-electron chi connectivity index (χ2n) is 5.89. The van der Waals surface area contributed by atoms with Gasteiger partial charge >= 0.3 is 0 Å². The van der Waals surface area contributed by atoms with Crippen molar-refractivity contribution in [3.8, 4) is 5.75 Å². The summed E-state index contributed by atoms with van der Waals surface area (Å²) >= 11 is 0. The van der Waals surface area contributed by atoms with Crippen molar-refractivity contribution in [2.24, 2.45) is 0 Å². The van der Waals surface area contributed by atoms with E-state index in [4.69, 9.17) is 4.74 Å². The van der Waals surface area contributed by atoms with Gasteiger partial charge in [-0.15, -0.1) is 0 Å². The normalized spacial score (nSPS) is 11.1. The summed E-state index contributed by atoms with van der Waals surface area (Å²) in [6, 6.07) is 0.168. The van der Waals surface area contributed by atoms with Crippen LogP contribution >= 0.6 is 0 Å². The first-order chi connectivity index (χ1) is 10.1. The number of ether oxygens (including phenoxy) is 1. The van der Waals surface area contributed by atoms with E-state index in [0.29, 0.717) is 17.9 Å². The molecule has 4 nitrogen and oxygen atoms in total. The van der Waals surface area contributed by atoms with E-state index in [2.05, 4.69) is 12.0 Å². The molecule has 0 aliphatic heterocycles. The topological polar surface area (TPSA) is 44.1 Å². The van der Waals surface area contributed by atoms with Crippen molar-refractivity contribution in [1.82, 2.24) is 9.78 Å². The third-order valence-corrected chi connectivity index (χ3v) is 3.74. The summed E-state index contributed by atoms with van der Waals surface area (Å²) < 4.78 is 7.03. The minimum Gasteiger partial charge on any atom is -0.493 e. The van der Waals surface area contributed by atoms with Crippen molar-refractivity contribution in [2.45, 2.75) is 78.2 Å². The van der Waals surface area contributed by atoms with Gasteiger partial charge in [0.05, 0.1) is 13.3 Å². The number of hydrogen-bond donors (Lipinski definition) is 0. The van der Waals surface area contributed by atoms with Crippen molar-refractivity contribution in [2.75, 3.05) is 7.11 Å². The van der Waals surface area contributed by atoms with Crippen molar-refractivity contribution < 1.29 is 9.53 Å². The largest absolute Gasteiger partial charge is 0.493 e. The minimum atomic E-state index is 0.145. The second kappa shape index (κ2) is 9.59. The van der Waals surface area contributed by atoms with Gasteiger partial charge in [0.25, 0.3) is 0 Å². The lowest BCUT2D eigenvalue weighted by atomic mass is 10.1. The molecule has 1 aromatic rings. The molecule has 0 saturated heterocycles. The van der Waals surface area contributed by atoms with Crippen molar-refractivity contribution in [3.63, 3.8) is 0 Å². The van der Waals surface area contributed by atoms with Gasteiger partial charge in [-0.2, -0.15) is 5.10 Å². The number of hydrogen-bond acceptors (Lipinski definition) is 3. The van der Waals surface area contributed by atoms with E-state index in [0.717, 1.165) is 12.8 Å². The van der Waals surface area contributed by atoms with E-state index in [-0.39, 0.29) is 11.8 Å². The SMILES string of the molecule is CCCCCCCCCC(=O)c1c(OC)cnn1C(C)C. The van der Waals surface area contributed by atoms with Crippen LogP contribution in [0.4, 0.5) is 0 Å². The first kappa shape index (κ1) is 17.7. The third-order valence-electron chi connectivity index (χ3n) is 3.74. The van der Waals surface area contributed by atoms with Crippen molar-refractivity contribution in [1.29, 1.82) is 0 Å². The van der Waals surface area contributed by atoms with Crippen LogP contribution in [0, 0.1) is 0 Å². The average Bonchev–Trinajstić information content (AvgIpc) is 2.90. The van der Waals surface area contributed by atoms with Gasteiger partial charge < -0.3 is 4.74 Å². The van der Waals surface area contributed by atoms with Crippen LogP contribution in [0.15, 0.2) is 6.20 Å². The van der Waals surface area contributed by atoms with Crippen LogP contribution in [0.2, 0.25) is 0 Å². The van der Waals surface area contributed by atoms with Crippen LogP contribution < -0.4 is 4.74 Å². The van der Waals surface area contributed by atoms with Crippen LogP contribution in [-0.4, -0.2) is 22.7 Å². The van der Waals surface area contributed by atoms with Gasteiger partial charge in [-0.25, -0.2) is 0 Å². The Morgan fingerprint density at radius 2 is 1.81 bits per heavy atom. The smallest absolute Gasteiger partial charge is 0.184 e. The molecule has 0 N–H and O–H groups in total. The summed E-state index contributed by atoms with van der Waals surface area (Å²) in [6.07, 6.45) is 10.7. The number of Topliss-reactive ketones (excluding diaryl/α,β-unsaturated/α-hetero) is 1. The summed E-state index contributed by atoms with van der Waals surface area (Å²) in [5.74, 6) is 0.739. The lowest BCUT2D eigenvalue weighted by Crippen LogP contribution is -2.13. The van der Waals surface area contributed by atoms with Crippen LogP contribution in [0.3, 0.4) is 0 Å².